The van der Waals surface area contributed by atoms with Crippen molar-refractivity contribution < 1.29 is 4.79 Å². The van der Waals surface area contributed by atoms with Crippen molar-refractivity contribution in [2.45, 2.75) is 32.2 Å². The van der Waals surface area contributed by atoms with Crippen LogP contribution >= 0.6 is 23.2 Å². The van der Waals surface area contributed by atoms with E-state index in [9.17, 15) is 4.79 Å². The minimum atomic E-state index is -0.135. The van der Waals surface area contributed by atoms with Crippen molar-refractivity contribution in [1.29, 1.82) is 0 Å². The Bertz CT molecular complexity index is 472. The number of hydrogen-bond donors (Lipinski definition) is 2. The molecule has 98 valence electrons. The van der Waals surface area contributed by atoms with Gasteiger partial charge in [0, 0.05) is 12.5 Å². The van der Waals surface area contributed by atoms with Gasteiger partial charge in [0.2, 0.25) is 5.91 Å². The van der Waals surface area contributed by atoms with E-state index in [2.05, 4.69) is 5.32 Å². The minimum absolute atomic E-state index is 0.0626. The number of amides is 1. The number of nitrogens with two attached hydrogens (primary N) is 1. The van der Waals surface area contributed by atoms with E-state index in [4.69, 9.17) is 28.9 Å². The molecule has 1 amide bonds. The third-order valence-electron chi connectivity index (χ3n) is 3.20. The topological polar surface area (TPSA) is 55.1 Å². The molecule has 18 heavy (non-hydrogen) atoms. The number of carbonyl (C=O) groups excluding carboxylic acids is 1. The molecule has 5 heteroatoms. The van der Waals surface area contributed by atoms with Crippen LogP contribution in [0.5, 0.6) is 0 Å². The molecule has 1 aliphatic rings. The molecule has 1 unspecified atom stereocenters. The smallest absolute Gasteiger partial charge is 0.226 e. The van der Waals surface area contributed by atoms with Crippen molar-refractivity contribution >= 4 is 34.8 Å². The molecular formula is C13H16Cl2N2O. The molecular weight excluding hydrogens is 271 g/mol. The Morgan fingerprint density at radius 1 is 1.50 bits per heavy atom. The summed E-state index contributed by atoms with van der Waals surface area (Å²) >= 11 is 12.2. The third kappa shape index (κ3) is 3.16. The van der Waals surface area contributed by atoms with E-state index in [1.165, 1.54) is 0 Å². The maximum Gasteiger partial charge on any atom is 0.226 e. The Morgan fingerprint density at radius 3 is 2.78 bits per heavy atom. The molecule has 1 aromatic carbocycles. The lowest BCUT2D eigenvalue weighted by Crippen LogP contribution is -2.29. The molecule has 0 heterocycles. The lowest BCUT2D eigenvalue weighted by molar-refractivity contribution is -0.116. The molecule has 2 rings (SSSR count). The van der Waals surface area contributed by atoms with E-state index in [1.807, 2.05) is 13.0 Å². The molecule has 0 radical (unpaired) electrons. The van der Waals surface area contributed by atoms with Crippen LogP contribution < -0.4 is 11.1 Å². The molecule has 0 aliphatic heterocycles. The quantitative estimate of drug-likeness (QED) is 0.892. The maximum absolute atomic E-state index is 11.9. The summed E-state index contributed by atoms with van der Waals surface area (Å²) < 4.78 is 0. The zero-order chi connectivity index (χ0) is 13.3. The van der Waals surface area contributed by atoms with E-state index < -0.39 is 0 Å². The van der Waals surface area contributed by atoms with Gasteiger partial charge >= 0.3 is 0 Å². The molecule has 0 saturated heterocycles. The number of aryl methyl sites for hydroxylation is 1. The van der Waals surface area contributed by atoms with Crippen molar-refractivity contribution in [2.75, 3.05) is 5.32 Å². The molecule has 1 aliphatic carbocycles. The first-order valence-electron chi connectivity index (χ1n) is 5.99. The summed E-state index contributed by atoms with van der Waals surface area (Å²) in [4.78, 5) is 11.9. The average Bonchev–Trinajstić information content (AvgIpc) is 3.13. The fourth-order valence-electron chi connectivity index (χ4n) is 1.87. The molecule has 0 aromatic heterocycles. The Kier molecular flexibility index (Phi) is 4.15. The predicted octanol–water partition coefficient (Wildman–Crippen LogP) is 3.37. The number of benzene rings is 1. The van der Waals surface area contributed by atoms with Gasteiger partial charge in [0.05, 0.1) is 15.7 Å². The normalized spacial score (nSPS) is 16.4. The molecule has 0 bridgehead atoms. The second-order valence-electron chi connectivity index (χ2n) is 4.81. The lowest BCUT2D eigenvalue weighted by atomic mass is 10.1. The Labute approximate surface area is 117 Å². The second kappa shape index (κ2) is 5.47. The van der Waals surface area contributed by atoms with Gasteiger partial charge in [-0.15, -0.1) is 0 Å². The Balaban J connectivity index is 2.04. The highest BCUT2D eigenvalue weighted by Gasteiger charge is 2.30. The monoisotopic (exact) mass is 286 g/mol. The van der Waals surface area contributed by atoms with E-state index >= 15 is 0 Å². The molecule has 0 spiro atoms. The Hall–Kier alpha value is -0.770. The fraction of sp³-hybridized carbons (Fsp3) is 0.462. The Morgan fingerprint density at radius 2 is 2.17 bits per heavy atom. The van der Waals surface area contributed by atoms with Gasteiger partial charge in [-0.1, -0.05) is 29.3 Å². The van der Waals surface area contributed by atoms with Crippen LogP contribution in [0.3, 0.4) is 0 Å². The van der Waals surface area contributed by atoms with Crippen molar-refractivity contribution in [3.8, 4) is 0 Å². The van der Waals surface area contributed by atoms with Gasteiger partial charge in [-0.05, 0) is 37.3 Å². The zero-order valence-corrected chi connectivity index (χ0v) is 11.7. The number of rotatable bonds is 4. The molecule has 1 saturated carbocycles. The van der Waals surface area contributed by atoms with Crippen molar-refractivity contribution in [3.05, 3.63) is 27.7 Å². The number of carbonyl (C=O) groups is 1. The second-order valence-corrected chi connectivity index (χ2v) is 5.59. The standard InChI is InChI=1S/C13H16Cl2N2O/c1-7-2-5-9(14)13(12(7)15)17-11(18)6-10(16)8-3-4-8/h2,5,8,10H,3-4,6,16H2,1H3,(H,17,18). The summed E-state index contributed by atoms with van der Waals surface area (Å²) in [5, 5.41) is 3.68. The first-order chi connectivity index (χ1) is 8.49. The van der Waals surface area contributed by atoms with Crippen LogP contribution in [0.1, 0.15) is 24.8 Å². The molecule has 3 N–H and O–H groups in total. The summed E-state index contributed by atoms with van der Waals surface area (Å²) in [6, 6.07) is 3.47. The van der Waals surface area contributed by atoms with Gasteiger partial charge in [0.15, 0.2) is 0 Å². The van der Waals surface area contributed by atoms with Gasteiger partial charge in [0.1, 0.15) is 0 Å². The lowest BCUT2D eigenvalue weighted by Gasteiger charge is -2.13. The number of anilines is 1. The third-order valence-corrected chi connectivity index (χ3v) is 4.00. The van der Waals surface area contributed by atoms with Crippen LogP contribution in [0.2, 0.25) is 10.0 Å². The van der Waals surface area contributed by atoms with Crippen LogP contribution in [0.15, 0.2) is 12.1 Å². The molecule has 1 aromatic rings. The first-order valence-corrected chi connectivity index (χ1v) is 6.74. The van der Waals surface area contributed by atoms with Crippen molar-refractivity contribution in [2.24, 2.45) is 11.7 Å². The molecule has 3 nitrogen and oxygen atoms in total. The van der Waals surface area contributed by atoms with E-state index in [1.54, 1.807) is 6.07 Å². The number of nitrogens with one attached hydrogen (secondary N) is 1. The summed E-state index contributed by atoms with van der Waals surface area (Å²) in [6.07, 6.45) is 2.56. The van der Waals surface area contributed by atoms with Crippen molar-refractivity contribution in [3.63, 3.8) is 0 Å². The van der Waals surface area contributed by atoms with Gasteiger partial charge in [-0.2, -0.15) is 0 Å². The van der Waals surface area contributed by atoms with Gasteiger partial charge in [-0.25, -0.2) is 0 Å². The van der Waals surface area contributed by atoms with Gasteiger partial charge in [0.25, 0.3) is 0 Å². The SMILES string of the molecule is Cc1ccc(Cl)c(NC(=O)CC(N)C2CC2)c1Cl. The van der Waals surface area contributed by atoms with Crippen molar-refractivity contribution in [1.82, 2.24) is 0 Å². The van der Waals surface area contributed by atoms with E-state index in [0.29, 0.717) is 28.1 Å². The molecule has 1 fully saturated rings. The summed E-state index contributed by atoms with van der Waals surface area (Å²) in [5.41, 5.74) is 7.27. The first kappa shape index (κ1) is 13.7. The van der Waals surface area contributed by atoms with Gasteiger partial charge < -0.3 is 11.1 Å². The largest absolute Gasteiger partial charge is 0.327 e. The van der Waals surface area contributed by atoms with Crippen LogP contribution in [-0.4, -0.2) is 11.9 Å². The predicted molar refractivity (Wildman–Crippen MR) is 75.1 cm³/mol. The van der Waals surface area contributed by atoms with Gasteiger partial charge in [-0.3, -0.25) is 4.79 Å². The van der Waals surface area contributed by atoms with Crippen LogP contribution in [0, 0.1) is 12.8 Å². The maximum atomic E-state index is 11.9. The highest BCUT2D eigenvalue weighted by Crippen LogP contribution is 2.35. The number of hydrogen-bond acceptors (Lipinski definition) is 2. The number of halogens is 2. The fourth-order valence-corrected chi connectivity index (χ4v) is 2.33. The summed E-state index contributed by atoms with van der Waals surface area (Å²) in [6.45, 7) is 1.87. The average molecular weight is 287 g/mol. The summed E-state index contributed by atoms with van der Waals surface area (Å²) in [5.74, 6) is 0.364. The molecule has 1 atom stereocenters. The van der Waals surface area contributed by atoms with Crippen LogP contribution in [-0.2, 0) is 4.79 Å². The zero-order valence-electron chi connectivity index (χ0n) is 10.2. The van der Waals surface area contributed by atoms with E-state index in [-0.39, 0.29) is 11.9 Å². The summed E-state index contributed by atoms with van der Waals surface area (Å²) in [7, 11) is 0. The van der Waals surface area contributed by atoms with Crippen LogP contribution in [0.25, 0.3) is 0 Å². The minimum Gasteiger partial charge on any atom is -0.327 e. The highest BCUT2D eigenvalue weighted by atomic mass is 35.5. The van der Waals surface area contributed by atoms with Crippen LogP contribution in [0.4, 0.5) is 5.69 Å². The highest BCUT2D eigenvalue weighted by molar-refractivity contribution is 6.40. The van der Waals surface area contributed by atoms with E-state index in [0.717, 1.165) is 18.4 Å².